The Bertz CT molecular complexity index is 1300. The summed E-state index contributed by atoms with van der Waals surface area (Å²) < 4.78 is 5.50. The van der Waals surface area contributed by atoms with E-state index in [1.807, 2.05) is 6.08 Å². The lowest BCUT2D eigenvalue weighted by molar-refractivity contribution is -0.143. The fraction of sp³-hybridized carbons (Fsp3) is 0.892. The lowest BCUT2D eigenvalue weighted by atomic mass is 10.0. The maximum Gasteiger partial charge on any atom is 0.305 e. The molecule has 0 aliphatic rings. The normalized spacial score (nSPS) is 12.7. The van der Waals surface area contributed by atoms with E-state index in [1.165, 1.54) is 321 Å². The maximum absolute atomic E-state index is 12.5. The molecule has 0 saturated carbocycles. The van der Waals surface area contributed by atoms with E-state index in [4.69, 9.17) is 4.74 Å². The van der Waals surface area contributed by atoms with Crippen LogP contribution in [0.1, 0.15) is 399 Å². The molecule has 0 saturated heterocycles. The molecule has 80 heavy (non-hydrogen) atoms. The number of hydrogen-bond donors (Lipinski definition) is 3. The first kappa shape index (κ1) is 78.1. The number of aliphatic hydroxyl groups is 2. The van der Waals surface area contributed by atoms with Crippen LogP contribution in [0.5, 0.6) is 0 Å². The van der Waals surface area contributed by atoms with E-state index < -0.39 is 12.1 Å². The molecule has 0 aliphatic heterocycles. The molecule has 6 nitrogen and oxygen atoms in total. The molecule has 2 atom stereocenters. The number of nitrogens with one attached hydrogen (secondary N) is 1. The van der Waals surface area contributed by atoms with Crippen molar-refractivity contribution in [3.8, 4) is 0 Å². The average molecular weight is 1120 g/mol. The Balaban J connectivity index is 3.41. The van der Waals surface area contributed by atoms with Gasteiger partial charge >= 0.3 is 5.97 Å². The fourth-order valence-corrected chi connectivity index (χ4v) is 11.4. The molecule has 0 aromatic carbocycles. The highest BCUT2D eigenvalue weighted by molar-refractivity contribution is 5.76. The average Bonchev–Trinajstić information content (AvgIpc) is 3.46. The highest BCUT2D eigenvalue weighted by atomic mass is 16.5. The van der Waals surface area contributed by atoms with Gasteiger partial charge in [0, 0.05) is 12.8 Å². The third-order valence-corrected chi connectivity index (χ3v) is 16.9. The molecule has 0 radical (unpaired) electrons. The standard InChI is InChI=1S/C74H141NO5/c1-3-5-7-9-11-13-15-17-19-21-22-23-24-25-28-31-35-38-42-46-50-54-58-62-66-72(77)71(70-76)75-73(78)67-63-59-55-51-47-43-39-36-32-29-26-27-30-33-37-41-45-49-53-57-61-65-69-80-74(79)68-64-60-56-52-48-44-40-34-20-18-16-14-12-10-8-6-4-2/h12,14,18,20,62,66,71-72,76-77H,3-11,13,15-17,19,21-61,63-65,67-70H2,1-2H3,(H,75,78)/b14-12-,20-18-,66-62+. The monoisotopic (exact) mass is 1120 g/mol. The van der Waals surface area contributed by atoms with Gasteiger partial charge in [-0.25, -0.2) is 0 Å². The minimum absolute atomic E-state index is 0.00568. The fourth-order valence-electron chi connectivity index (χ4n) is 11.4. The van der Waals surface area contributed by atoms with E-state index in [-0.39, 0.29) is 18.5 Å². The Hall–Kier alpha value is -1.92. The predicted octanol–water partition coefficient (Wildman–Crippen LogP) is 23.5. The van der Waals surface area contributed by atoms with Gasteiger partial charge in [0.05, 0.1) is 25.4 Å². The van der Waals surface area contributed by atoms with Crippen LogP contribution in [0, 0.1) is 0 Å². The minimum Gasteiger partial charge on any atom is -0.466 e. The first-order valence-electron chi connectivity index (χ1n) is 36.3. The predicted molar refractivity (Wildman–Crippen MR) is 352 cm³/mol. The van der Waals surface area contributed by atoms with Gasteiger partial charge in [0.1, 0.15) is 0 Å². The van der Waals surface area contributed by atoms with Gasteiger partial charge < -0.3 is 20.3 Å². The second-order valence-corrected chi connectivity index (χ2v) is 24.9. The molecule has 472 valence electrons. The van der Waals surface area contributed by atoms with E-state index in [9.17, 15) is 19.8 Å². The maximum atomic E-state index is 12.5. The third-order valence-electron chi connectivity index (χ3n) is 16.9. The molecule has 0 aromatic heterocycles. The topological polar surface area (TPSA) is 95.9 Å². The number of unbranched alkanes of at least 4 members (excludes halogenated alkanes) is 53. The Morgan fingerprint density at radius 2 is 0.625 bits per heavy atom. The molecule has 1 amide bonds. The van der Waals surface area contributed by atoms with Crippen molar-refractivity contribution in [2.75, 3.05) is 13.2 Å². The molecule has 2 unspecified atom stereocenters. The Morgan fingerprint density at radius 3 is 0.975 bits per heavy atom. The van der Waals surface area contributed by atoms with Crippen molar-refractivity contribution in [1.29, 1.82) is 0 Å². The summed E-state index contributed by atoms with van der Waals surface area (Å²) in [6.07, 6.45) is 89.4. The number of hydrogen-bond acceptors (Lipinski definition) is 5. The van der Waals surface area contributed by atoms with Gasteiger partial charge in [-0.1, -0.05) is 359 Å². The second kappa shape index (κ2) is 69.6. The highest BCUT2D eigenvalue weighted by Gasteiger charge is 2.18. The lowest BCUT2D eigenvalue weighted by Gasteiger charge is -2.20. The number of amides is 1. The van der Waals surface area contributed by atoms with Crippen molar-refractivity contribution in [2.45, 2.75) is 411 Å². The zero-order valence-electron chi connectivity index (χ0n) is 54.1. The second-order valence-electron chi connectivity index (χ2n) is 24.9. The van der Waals surface area contributed by atoms with Crippen LogP contribution in [-0.2, 0) is 14.3 Å². The summed E-state index contributed by atoms with van der Waals surface area (Å²) in [6, 6.07) is -0.630. The number of ether oxygens (including phenoxy) is 1. The summed E-state index contributed by atoms with van der Waals surface area (Å²) in [4.78, 5) is 24.6. The lowest BCUT2D eigenvalue weighted by Crippen LogP contribution is -2.45. The van der Waals surface area contributed by atoms with E-state index in [0.717, 1.165) is 51.4 Å². The smallest absolute Gasteiger partial charge is 0.305 e. The first-order valence-corrected chi connectivity index (χ1v) is 36.3. The number of carbonyl (C=O) groups is 2. The van der Waals surface area contributed by atoms with Crippen molar-refractivity contribution in [2.24, 2.45) is 0 Å². The van der Waals surface area contributed by atoms with Crippen molar-refractivity contribution in [1.82, 2.24) is 5.32 Å². The summed E-state index contributed by atoms with van der Waals surface area (Å²) in [5, 5.41) is 23.3. The van der Waals surface area contributed by atoms with E-state index in [0.29, 0.717) is 19.4 Å². The van der Waals surface area contributed by atoms with Crippen molar-refractivity contribution in [3.05, 3.63) is 36.5 Å². The molecule has 0 bridgehead atoms. The van der Waals surface area contributed by atoms with Gasteiger partial charge in [-0.2, -0.15) is 0 Å². The SMILES string of the molecule is CCCCC/C=C\C/C=C\CCCCCCCCCC(=O)OCCCCCCCCCCCCCCCCCCCCCCCCC(=O)NC(CO)C(O)/C=C/CCCCCCCCCCCCCCCCCCCCCCCC. The highest BCUT2D eigenvalue weighted by Crippen LogP contribution is 2.19. The molecule has 0 aromatic rings. The molecular formula is C74H141NO5. The zero-order valence-corrected chi connectivity index (χ0v) is 54.1. The van der Waals surface area contributed by atoms with Crippen LogP contribution in [0.25, 0.3) is 0 Å². The van der Waals surface area contributed by atoms with E-state index >= 15 is 0 Å². The van der Waals surface area contributed by atoms with Gasteiger partial charge in [0.25, 0.3) is 0 Å². The van der Waals surface area contributed by atoms with Gasteiger partial charge in [-0.15, -0.1) is 0 Å². The number of rotatable bonds is 68. The summed E-state index contributed by atoms with van der Waals surface area (Å²) >= 11 is 0. The van der Waals surface area contributed by atoms with Crippen LogP contribution in [0.3, 0.4) is 0 Å². The number of allylic oxidation sites excluding steroid dienone is 5. The quantitative estimate of drug-likeness (QED) is 0.0320. The number of aliphatic hydroxyl groups excluding tert-OH is 2. The molecule has 6 heteroatoms. The van der Waals surface area contributed by atoms with Gasteiger partial charge in [0.15, 0.2) is 0 Å². The summed E-state index contributed by atoms with van der Waals surface area (Å²) in [7, 11) is 0. The van der Waals surface area contributed by atoms with Gasteiger partial charge in [-0.05, 0) is 64.2 Å². The molecule has 0 heterocycles. The Labute approximate surface area is 500 Å². The first-order chi connectivity index (χ1) is 39.5. The Kier molecular flexibility index (Phi) is 67.9. The van der Waals surface area contributed by atoms with Gasteiger partial charge in [0.2, 0.25) is 5.91 Å². The van der Waals surface area contributed by atoms with Crippen molar-refractivity contribution >= 4 is 11.9 Å². The van der Waals surface area contributed by atoms with Crippen LogP contribution in [0.15, 0.2) is 36.5 Å². The molecule has 0 aliphatic carbocycles. The summed E-state index contributed by atoms with van der Waals surface area (Å²) in [6.45, 7) is 4.91. The van der Waals surface area contributed by atoms with Gasteiger partial charge in [-0.3, -0.25) is 9.59 Å². The molecule has 0 rings (SSSR count). The minimum atomic E-state index is -0.847. The van der Waals surface area contributed by atoms with Crippen LogP contribution >= 0.6 is 0 Å². The molecular weight excluding hydrogens is 983 g/mol. The van der Waals surface area contributed by atoms with Crippen molar-refractivity contribution in [3.63, 3.8) is 0 Å². The van der Waals surface area contributed by atoms with E-state index in [1.54, 1.807) is 6.08 Å². The summed E-state index contributed by atoms with van der Waals surface area (Å²) in [5.74, 6) is -0.0584. The number of esters is 1. The molecule has 0 spiro atoms. The van der Waals surface area contributed by atoms with Crippen LogP contribution in [0.4, 0.5) is 0 Å². The van der Waals surface area contributed by atoms with Crippen LogP contribution < -0.4 is 5.32 Å². The number of carbonyl (C=O) groups excluding carboxylic acids is 2. The van der Waals surface area contributed by atoms with Crippen LogP contribution in [0.2, 0.25) is 0 Å². The Morgan fingerprint density at radius 1 is 0.350 bits per heavy atom. The third kappa shape index (κ3) is 65.2. The van der Waals surface area contributed by atoms with E-state index in [2.05, 4.69) is 43.5 Å². The zero-order chi connectivity index (χ0) is 57.8. The summed E-state index contributed by atoms with van der Waals surface area (Å²) in [5.41, 5.74) is 0. The molecule has 3 N–H and O–H groups in total. The van der Waals surface area contributed by atoms with Crippen LogP contribution in [-0.4, -0.2) is 47.4 Å². The van der Waals surface area contributed by atoms with Crippen molar-refractivity contribution < 1.29 is 24.5 Å². The largest absolute Gasteiger partial charge is 0.466 e. The molecule has 0 fully saturated rings.